The molecule has 0 bridgehead atoms. The van der Waals surface area contributed by atoms with E-state index in [0.29, 0.717) is 17.3 Å². The van der Waals surface area contributed by atoms with Gasteiger partial charge in [0.15, 0.2) is 11.5 Å². The number of anilines is 2. The predicted molar refractivity (Wildman–Crippen MR) is 93.3 cm³/mol. The summed E-state index contributed by atoms with van der Waals surface area (Å²) in [6, 6.07) is 8.78. The lowest BCUT2D eigenvalue weighted by Gasteiger charge is -2.07. The molecule has 2 heterocycles. The molecule has 0 atom stereocenters. The average Bonchev–Trinajstić information content (AvgIpc) is 2.91. The van der Waals surface area contributed by atoms with Gasteiger partial charge in [-0.25, -0.2) is 4.98 Å². The molecule has 0 aliphatic carbocycles. The molecule has 0 aliphatic heterocycles. The maximum atomic E-state index is 5.93. The number of rotatable bonds is 6. The monoisotopic (exact) mass is 310 g/mol. The zero-order chi connectivity index (χ0) is 16.2. The fourth-order valence-corrected chi connectivity index (χ4v) is 2.59. The van der Waals surface area contributed by atoms with E-state index >= 15 is 0 Å². The zero-order valence-electron chi connectivity index (χ0n) is 13.6. The lowest BCUT2D eigenvalue weighted by molar-refractivity contribution is 0.915. The van der Waals surface area contributed by atoms with Crippen LogP contribution in [0.3, 0.4) is 0 Å². The molecule has 23 heavy (non-hydrogen) atoms. The Bertz CT molecular complexity index is 791. The Morgan fingerprint density at radius 2 is 1.78 bits per heavy atom. The summed E-state index contributed by atoms with van der Waals surface area (Å²) in [5.74, 6) is 0.947. The van der Waals surface area contributed by atoms with Gasteiger partial charge >= 0.3 is 0 Å². The van der Waals surface area contributed by atoms with E-state index in [9.17, 15) is 0 Å². The molecule has 3 N–H and O–H groups in total. The molecule has 0 saturated heterocycles. The van der Waals surface area contributed by atoms with Gasteiger partial charge in [-0.2, -0.15) is 9.97 Å². The topological polar surface area (TPSA) is 81.6 Å². The predicted octanol–water partition coefficient (Wildman–Crippen LogP) is 2.55. The second-order valence-electron chi connectivity index (χ2n) is 5.70. The Hall–Kier alpha value is -2.63. The lowest BCUT2D eigenvalue weighted by Crippen LogP contribution is -2.10. The van der Waals surface area contributed by atoms with Crippen LogP contribution < -0.4 is 11.1 Å². The molecule has 0 radical (unpaired) electrons. The maximum absolute atomic E-state index is 5.93. The Morgan fingerprint density at radius 3 is 2.48 bits per heavy atom. The van der Waals surface area contributed by atoms with Gasteiger partial charge in [-0.05, 0) is 24.0 Å². The van der Waals surface area contributed by atoms with Crippen molar-refractivity contribution in [2.24, 2.45) is 7.05 Å². The van der Waals surface area contributed by atoms with E-state index < -0.39 is 0 Å². The molecule has 120 valence electrons. The van der Waals surface area contributed by atoms with Gasteiger partial charge in [0.25, 0.3) is 0 Å². The first-order valence-electron chi connectivity index (χ1n) is 7.93. The highest BCUT2D eigenvalue weighted by Gasteiger charge is 2.09. The number of nitrogens with zero attached hydrogens (tertiary/aromatic N) is 4. The highest BCUT2D eigenvalue weighted by Crippen LogP contribution is 2.17. The second-order valence-corrected chi connectivity index (χ2v) is 5.70. The quantitative estimate of drug-likeness (QED) is 0.731. The first-order chi connectivity index (χ1) is 11.2. The molecule has 0 fully saturated rings. The zero-order valence-corrected chi connectivity index (χ0v) is 13.6. The van der Waals surface area contributed by atoms with Crippen LogP contribution in [0.1, 0.15) is 24.5 Å². The van der Waals surface area contributed by atoms with Crippen molar-refractivity contribution in [2.45, 2.75) is 26.2 Å². The number of nitrogen functional groups attached to an aromatic ring is 1. The van der Waals surface area contributed by atoms with E-state index in [2.05, 4.69) is 51.5 Å². The Balaban J connectivity index is 1.63. The van der Waals surface area contributed by atoms with Crippen molar-refractivity contribution in [3.05, 3.63) is 41.7 Å². The van der Waals surface area contributed by atoms with Crippen molar-refractivity contribution in [1.29, 1.82) is 0 Å². The van der Waals surface area contributed by atoms with E-state index in [4.69, 9.17) is 5.73 Å². The number of aryl methyl sites for hydroxylation is 2. The van der Waals surface area contributed by atoms with Crippen LogP contribution in [0.5, 0.6) is 0 Å². The van der Waals surface area contributed by atoms with Crippen molar-refractivity contribution in [2.75, 3.05) is 17.6 Å². The molecule has 0 spiro atoms. The van der Waals surface area contributed by atoms with Gasteiger partial charge in [0.2, 0.25) is 5.95 Å². The second kappa shape index (κ2) is 6.64. The highest BCUT2D eigenvalue weighted by atomic mass is 15.2. The maximum Gasteiger partial charge on any atom is 0.226 e. The molecule has 1 aromatic carbocycles. The highest BCUT2D eigenvalue weighted by molar-refractivity contribution is 5.82. The van der Waals surface area contributed by atoms with E-state index in [1.165, 1.54) is 17.5 Å². The Morgan fingerprint density at radius 1 is 1.09 bits per heavy atom. The van der Waals surface area contributed by atoms with Crippen molar-refractivity contribution in [3.8, 4) is 0 Å². The molecule has 2 aromatic heterocycles. The number of nitrogens with one attached hydrogen (secondary N) is 1. The summed E-state index contributed by atoms with van der Waals surface area (Å²) in [5, 5.41) is 3.24. The molecule has 3 aromatic rings. The largest absolute Gasteiger partial charge is 0.382 e. The normalized spacial score (nSPS) is 11.0. The van der Waals surface area contributed by atoms with Crippen LogP contribution in [0, 0.1) is 0 Å². The van der Waals surface area contributed by atoms with Crippen molar-refractivity contribution in [1.82, 2.24) is 19.5 Å². The summed E-state index contributed by atoms with van der Waals surface area (Å²) in [5.41, 5.74) is 10.0. The molecule has 0 saturated carbocycles. The Labute approximate surface area is 135 Å². The van der Waals surface area contributed by atoms with Crippen LogP contribution in [0.25, 0.3) is 11.2 Å². The molecule has 0 aliphatic rings. The average molecular weight is 310 g/mol. The third kappa shape index (κ3) is 3.41. The number of nitrogens with two attached hydrogens (primary N) is 1. The summed E-state index contributed by atoms with van der Waals surface area (Å²) in [6.07, 6.45) is 4.92. The minimum absolute atomic E-state index is 0.405. The van der Waals surface area contributed by atoms with Crippen LogP contribution >= 0.6 is 0 Å². The minimum atomic E-state index is 0.405. The number of fused-ring (bicyclic) bond motifs is 1. The van der Waals surface area contributed by atoms with Crippen molar-refractivity contribution >= 4 is 22.9 Å². The molecule has 3 rings (SSSR count). The van der Waals surface area contributed by atoms with Gasteiger partial charge in [-0.1, -0.05) is 37.6 Å². The lowest BCUT2D eigenvalue weighted by atomic mass is 10.1. The van der Waals surface area contributed by atoms with Gasteiger partial charge in [0, 0.05) is 13.6 Å². The van der Waals surface area contributed by atoms with Crippen molar-refractivity contribution in [3.63, 3.8) is 0 Å². The number of aromatic nitrogens is 4. The molecule has 6 nitrogen and oxygen atoms in total. The van der Waals surface area contributed by atoms with Gasteiger partial charge in [0.05, 0.1) is 6.33 Å². The third-order valence-electron chi connectivity index (χ3n) is 3.85. The first-order valence-corrected chi connectivity index (χ1v) is 7.93. The summed E-state index contributed by atoms with van der Waals surface area (Å²) < 4.78 is 1.84. The van der Waals surface area contributed by atoms with E-state index in [0.717, 1.165) is 25.0 Å². The van der Waals surface area contributed by atoms with Crippen LogP contribution in [0.15, 0.2) is 30.6 Å². The molecule has 0 unspecified atom stereocenters. The summed E-state index contributed by atoms with van der Waals surface area (Å²) in [4.78, 5) is 12.9. The number of hydrogen-bond donors (Lipinski definition) is 2. The molecule has 0 amide bonds. The summed E-state index contributed by atoms with van der Waals surface area (Å²) >= 11 is 0. The standard InChI is InChI=1S/C17H22N6/c1-3-4-12-5-7-13(8-6-12)9-10-19-17-21-15(18)14-16(22-17)23(2)11-20-14/h5-8,11H,3-4,9-10H2,1-2H3,(H3,18,19,21,22). The number of imidazole rings is 1. The summed E-state index contributed by atoms with van der Waals surface area (Å²) in [7, 11) is 1.89. The van der Waals surface area contributed by atoms with Gasteiger partial charge < -0.3 is 15.6 Å². The third-order valence-corrected chi connectivity index (χ3v) is 3.85. The SMILES string of the molecule is CCCc1ccc(CCNc2nc(N)c3ncn(C)c3n2)cc1. The molecular weight excluding hydrogens is 288 g/mol. The van der Waals surface area contributed by atoms with E-state index in [1.807, 2.05) is 11.6 Å². The first kappa shape index (κ1) is 15.3. The van der Waals surface area contributed by atoms with Crippen LogP contribution in [-0.4, -0.2) is 26.1 Å². The fraction of sp³-hybridized carbons (Fsp3) is 0.353. The van der Waals surface area contributed by atoms with Crippen LogP contribution in [-0.2, 0) is 19.9 Å². The molecule has 6 heteroatoms. The smallest absolute Gasteiger partial charge is 0.226 e. The summed E-state index contributed by atoms with van der Waals surface area (Å²) in [6.45, 7) is 2.96. The van der Waals surface area contributed by atoms with Crippen LogP contribution in [0.4, 0.5) is 11.8 Å². The fourth-order valence-electron chi connectivity index (χ4n) is 2.59. The van der Waals surface area contributed by atoms with Gasteiger partial charge in [0.1, 0.15) is 5.52 Å². The Kier molecular flexibility index (Phi) is 4.41. The minimum Gasteiger partial charge on any atom is -0.382 e. The van der Waals surface area contributed by atoms with Gasteiger partial charge in [-0.15, -0.1) is 0 Å². The van der Waals surface area contributed by atoms with Crippen molar-refractivity contribution < 1.29 is 0 Å². The number of hydrogen-bond acceptors (Lipinski definition) is 5. The molecular formula is C17H22N6. The van der Waals surface area contributed by atoms with E-state index in [-0.39, 0.29) is 0 Å². The van der Waals surface area contributed by atoms with Gasteiger partial charge in [-0.3, -0.25) is 0 Å². The number of benzene rings is 1. The van der Waals surface area contributed by atoms with Crippen LogP contribution in [0.2, 0.25) is 0 Å². The van der Waals surface area contributed by atoms with E-state index in [1.54, 1.807) is 6.33 Å².